The van der Waals surface area contributed by atoms with Crippen molar-refractivity contribution in [3.8, 4) is 0 Å². The van der Waals surface area contributed by atoms with Gasteiger partial charge in [-0.1, -0.05) is 30.3 Å². The molecule has 0 saturated heterocycles. The van der Waals surface area contributed by atoms with Crippen LogP contribution in [0.4, 0.5) is 10.6 Å². The van der Waals surface area contributed by atoms with Crippen LogP contribution in [0.25, 0.3) is 0 Å². The van der Waals surface area contributed by atoms with Gasteiger partial charge in [0.15, 0.2) is 11.5 Å². The molecule has 0 aliphatic carbocycles. The molecule has 2 rings (SSSR count). The van der Waals surface area contributed by atoms with Gasteiger partial charge < -0.3 is 15.8 Å². The number of nitrogen functional groups attached to an aromatic ring is 1. The van der Waals surface area contributed by atoms with Gasteiger partial charge in [-0.15, -0.1) is 0 Å². The second-order valence-electron chi connectivity index (χ2n) is 4.83. The maximum Gasteiger partial charge on any atom is 0.361 e. The maximum atomic E-state index is 12.4. The Morgan fingerprint density at radius 2 is 1.84 bits per heavy atom. The number of hydrogen-bond donors (Lipinski definition) is 3. The molecule has 25 heavy (non-hydrogen) atoms. The Bertz CT molecular complexity index is 766. The molecule has 3 amide bonds. The van der Waals surface area contributed by atoms with Crippen molar-refractivity contribution < 1.29 is 19.1 Å². The Morgan fingerprint density at radius 1 is 1.16 bits per heavy atom. The standard InChI is InChI=1S/C16H17N5O4/c1-2-18-16(24)21-14(22)12(10-6-4-3-5-7-10)25-15(23)11-13(17)20-9-8-19-11/h3-9,12H,2H2,1H3,(H2,17,20)(H2,18,21,22,24)/t12-/m0/s1. The molecule has 130 valence electrons. The van der Waals surface area contributed by atoms with E-state index in [0.29, 0.717) is 12.1 Å². The Labute approximate surface area is 143 Å². The van der Waals surface area contributed by atoms with Gasteiger partial charge in [0, 0.05) is 24.5 Å². The average Bonchev–Trinajstić information content (AvgIpc) is 2.60. The lowest BCUT2D eigenvalue weighted by Gasteiger charge is -2.17. The third-order valence-corrected chi connectivity index (χ3v) is 3.06. The summed E-state index contributed by atoms with van der Waals surface area (Å²) in [5, 5.41) is 4.54. The quantitative estimate of drug-likeness (QED) is 0.683. The SMILES string of the molecule is CCNC(=O)NC(=O)[C@@H](OC(=O)c1nccnc1N)c1ccccc1. The first-order chi connectivity index (χ1) is 12.0. The molecule has 1 aromatic heterocycles. The zero-order valence-electron chi connectivity index (χ0n) is 13.4. The van der Waals surface area contributed by atoms with E-state index in [1.54, 1.807) is 37.3 Å². The number of esters is 1. The highest BCUT2D eigenvalue weighted by Crippen LogP contribution is 2.20. The van der Waals surface area contributed by atoms with Gasteiger partial charge in [0.25, 0.3) is 5.91 Å². The highest BCUT2D eigenvalue weighted by Gasteiger charge is 2.28. The second-order valence-corrected chi connectivity index (χ2v) is 4.83. The van der Waals surface area contributed by atoms with E-state index in [4.69, 9.17) is 10.5 Å². The molecule has 0 aliphatic heterocycles. The third kappa shape index (κ3) is 4.74. The molecule has 4 N–H and O–H groups in total. The van der Waals surface area contributed by atoms with E-state index in [1.807, 2.05) is 0 Å². The number of aromatic nitrogens is 2. The largest absolute Gasteiger partial charge is 0.442 e. The minimum absolute atomic E-state index is 0.122. The van der Waals surface area contributed by atoms with Crippen LogP contribution in [-0.4, -0.2) is 34.4 Å². The summed E-state index contributed by atoms with van der Waals surface area (Å²) >= 11 is 0. The first-order valence-corrected chi connectivity index (χ1v) is 7.44. The van der Waals surface area contributed by atoms with Gasteiger partial charge in [0.05, 0.1) is 0 Å². The fraction of sp³-hybridized carbons (Fsp3) is 0.188. The van der Waals surface area contributed by atoms with Crippen molar-refractivity contribution in [2.75, 3.05) is 12.3 Å². The maximum absolute atomic E-state index is 12.4. The number of amides is 3. The van der Waals surface area contributed by atoms with E-state index in [-0.39, 0.29) is 11.5 Å². The Hall–Kier alpha value is -3.49. The van der Waals surface area contributed by atoms with Gasteiger partial charge in [-0.05, 0) is 6.92 Å². The normalized spacial score (nSPS) is 11.2. The molecular formula is C16H17N5O4. The number of ether oxygens (including phenoxy) is 1. The fourth-order valence-corrected chi connectivity index (χ4v) is 1.95. The van der Waals surface area contributed by atoms with Gasteiger partial charge >= 0.3 is 12.0 Å². The van der Waals surface area contributed by atoms with Gasteiger partial charge in [-0.2, -0.15) is 0 Å². The lowest BCUT2D eigenvalue weighted by Crippen LogP contribution is -2.42. The number of nitrogens with two attached hydrogens (primary N) is 1. The van der Waals surface area contributed by atoms with Crippen LogP contribution in [0.5, 0.6) is 0 Å². The van der Waals surface area contributed by atoms with Gasteiger partial charge in [-0.25, -0.2) is 19.6 Å². The molecule has 2 aromatic rings. The van der Waals surface area contributed by atoms with Gasteiger partial charge in [0.2, 0.25) is 6.10 Å². The van der Waals surface area contributed by atoms with Crippen LogP contribution in [0.15, 0.2) is 42.7 Å². The number of carbonyl (C=O) groups is 3. The molecule has 9 nitrogen and oxygen atoms in total. The molecule has 0 saturated carbocycles. The molecular weight excluding hydrogens is 326 g/mol. The number of carbonyl (C=O) groups excluding carboxylic acids is 3. The average molecular weight is 343 g/mol. The van der Waals surface area contributed by atoms with Crippen LogP contribution in [0.1, 0.15) is 29.1 Å². The Balaban J connectivity index is 2.23. The monoisotopic (exact) mass is 343 g/mol. The van der Waals surface area contributed by atoms with E-state index >= 15 is 0 Å². The summed E-state index contributed by atoms with van der Waals surface area (Å²) in [5.41, 5.74) is 5.77. The minimum atomic E-state index is -1.35. The zero-order chi connectivity index (χ0) is 18.2. The summed E-state index contributed by atoms with van der Waals surface area (Å²) in [6.45, 7) is 2.04. The van der Waals surface area contributed by atoms with Crippen molar-refractivity contribution in [2.45, 2.75) is 13.0 Å². The van der Waals surface area contributed by atoms with Crippen molar-refractivity contribution in [3.63, 3.8) is 0 Å². The predicted octanol–water partition coefficient (Wildman–Crippen LogP) is 0.803. The molecule has 1 atom stereocenters. The van der Waals surface area contributed by atoms with Crippen LogP contribution in [-0.2, 0) is 9.53 Å². The van der Waals surface area contributed by atoms with E-state index < -0.39 is 24.0 Å². The number of rotatable bonds is 5. The number of urea groups is 1. The van der Waals surface area contributed by atoms with E-state index in [2.05, 4.69) is 20.6 Å². The first-order valence-electron chi connectivity index (χ1n) is 7.44. The predicted molar refractivity (Wildman–Crippen MR) is 88.3 cm³/mol. The molecule has 0 unspecified atom stereocenters. The summed E-state index contributed by atoms with van der Waals surface area (Å²) in [6, 6.07) is 7.58. The molecule has 1 aromatic carbocycles. The second kappa shape index (κ2) is 8.39. The molecule has 0 bridgehead atoms. The topological polar surface area (TPSA) is 136 Å². The van der Waals surface area contributed by atoms with Crippen LogP contribution < -0.4 is 16.4 Å². The molecule has 0 radical (unpaired) electrons. The Kier molecular flexibility index (Phi) is 5.99. The summed E-state index contributed by atoms with van der Waals surface area (Å²) in [4.78, 5) is 43.8. The molecule has 0 spiro atoms. The first kappa shape index (κ1) is 17.9. The van der Waals surface area contributed by atoms with E-state index in [1.165, 1.54) is 12.4 Å². The smallest absolute Gasteiger partial charge is 0.361 e. The van der Waals surface area contributed by atoms with Crippen molar-refractivity contribution in [3.05, 3.63) is 54.0 Å². The lowest BCUT2D eigenvalue weighted by atomic mass is 10.1. The van der Waals surface area contributed by atoms with E-state index in [9.17, 15) is 14.4 Å². The van der Waals surface area contributed by atoms with Gasteiger partial charge in [-0.3, -0.25) is 10.1 Å². The zero-order valence-corrected chi connectivity index (χ0v) is 13.4. The minimum Gasteiger partial charge on any atom is -0.442 e. The number of imide groups is 1. The van der Waals surface area contributed by atoms with E-state index in [0.717, 1.165) is 0 Å². The van der Waals surface area contributed by atoms with Crippen LogP contribution in [0, 0.1) is 0 Å². The number of nitrogens with zero attached hydrogens (tertiary/aromatic N) is 2. The van der Waals surface area contributed by atoms with Crippen molar-refractivity contribution >= 4 is 23.7 Å². The lowest BCUT2D eigenvalue weighted by molar-refractivity contribution is -0.129. The molecule has 0 fully saturated rings. The highest BCUT2D eigenvalue weighted by molar-refractivity contribution is 5.99. The number of nitrogens with one attached hydrogen (secondary N) is 2. The molecule has 9 heteroatoms. The number of benzene rings is 1. The van der Waals surface area contributed by atoms with Crippen molar-refractivity contribution in [1.29, 1.82) is 0 Å². The third-order valence-electron chi connectivity index (χ3n) is 3.06. The van der Waals surface area contributed by atoms with Crippen LogP contribution >= 0.6 is 0 Å². The van der Waals surface area contributed by atoms with Crippen molar-refractivity contribution in [2.24, 2.45) is 0 Å². The highest BCUT2D eigenvalue weighted by atomic mass is 16.5. The summed E-state index contributed by atoms with van der Waals surface area (Å²) in [5.74, 6) is -1.85. The summed E-state index contributed by atoms with van der Waals surface area (Å²) in [6.07, 6.45) is 1.25. The fourth-order valence-electron chi connectivity index (χ4n) is 1.95. The summed E-state index contributed by atoms with van der Waals surface area (Å²) in [7, 11) is 0. The van der Waals surface area contributed by atoms with Crippen LogP contribution in [0.2, 0.25) is 0 Å². The summed E-state index contributed by atoms with van der Waals surface area (Å²) < 4.78 is 5.23. The number of hydrogen-bond acceptors (Lipinski definition) is 7. The van der Waals surface area contributed by atoms with Crippen LogP contribution in [0.3, 0.4) is 0 Å². The Morgan fingerprint density at radius 3 is 2.48 bits per heavy atom. The van der Waals surface area contributed by atoms with Crippen molar-refractivity contribution in [1.82, 2.24) is 20.6 Å². The molecule has 1 heterocycles. The molecule has 0 aliphatic rings. The van der Waals surface area contributed by atoms with Gasteiger partial charge in [0.1, 0.15) is 0 Å². The number of anilines is 1.